The van der Waals surface area contributed by atoms with E-state index >= 15 is 0 Å². The number of hydrogen-bond donors (Lipinski definition) is 2. The maximum atomic E-state index is 11.7. The maximum Gasteiger partial charge on any atom is 0.217 e. The fourth-order valence-electron chi connectivity index (χ4n) is 3.65. The molecular formula is C22H27Cl2N3O3. The summed E-state index contributed by atoms with van der Waals surface area (Å²) in [5, 5.41) is 8.10. The van der Waals surface area contributed by atoms with Crippen LogP contribution in [0.3, 0.4) is 0 Å². The van der Waals surface area contributed by atoms with Gasteiger partial charge in [-0.1, -0.05) is 42.2 Å². The van der Waals surface area contributed by atoms with E-state index in [1.54, 1.807) is 12.1 Å². The molecule has 0 fully saturated rings. The molecule has 2 aromatic rings. The van der Waals surface area contributed by atoms with Crippen LogP contribution in [0, 0.1) is 0 Å². The van der Waals surface area contributed by atoms with Crippen molar-refractivity contribution in [2.75, 3.05) is 0 Å². The van der Waals surface area contributed by atoms with Gasteiger partial charge in [0.05, 0.1) is 28.3 Å². The number of aromatic nitrogens is 1. The Kier molecular flexibility index (Phi) is 7.58. The third kappa shape index (κ3) is 5.24. The van der Waals surface area contributed by atoms with Crippen LogP contribution in [0.15, 0.2) is 34.9 Å². The van der Waals surface area contributed by atoms with Gasteiger partial charge in [-0.05, 0) is 49.1 Å². The van der Waals surface area contributed by atoms with Crippen molar-refractivity contribution in [2.24, 2.45) is 5.73 Å². The lowest BCUT2D eigenvalue weighted by molar-refractivity contribution is -0.121. The second kappa shape index (κ2) is 9.96. The summed E-state index contributed by atoms with van der Waals surface area (Å²) < 4.78 is 11.8. The van der Waals surface area contributed by atoms with Crippen molar-refractivity contribution in [1.82, 2.24) is 10.5 Å². The minimum atomic E-state index is -0.345. The van der Waals surface area contributed by atoms with Crippen molar-refractivity contribution < 1.29 is 14.1 Å². The van der Waals surface area contributed by atoms with Gasteiger partial charge in [-0.2, -0.15) is 0 Å². The van der Waals surface area contributed by atoms with Crippen LogP contribution in [0.1, 0.15) is 45.7 Å². The topological polar surface area (TPSA) is 90.4 Å². The Morgan fingerprint density at radius 2 is 2.03 bits per heavy atom. The number of amides is 1. The lowest BCUT2D eigenvalue weighted by atomic mass is 9.86. The zero-order valence-electron chi connectivity index (χ0n) is 17.3. The van der Waals surface area contributed by atoms with Gasteiger partial charge >= 0.3 is 0 Å². The number of carbonyl (C=O) groups is 1. The summed E-state index contributed by atoms with van der Waals surface area (Å²) in [6.07, 6.45) is 4.04. The summed E-state index contributed by atoms with van der Waals surface area (Å²) in [4.78, 5) is 11.7. The molecule has 0 saturated carbocycles. The van der Waals surface area contributed by atoms with E-state index in [2.05, 4.69) is 24.3 Å². The van der Waals surface area contributed by atoms with Crippen LogP contribution < -0.4 is 11.1 Å². The summed E-state index contributed by atoms with van der Waals surface area (Å²) in [6.45, 7) is 5.65. The molecule has 3 rings (SSSR count). The Labute approximate surface area is 186 Å². The normalized spacial score (nSPS) is 21.6. The van der Waals surface area contributed by atoms with Crippen molar-refractivity contribution in [3.05, 3.63) is 46.1 Å². The summed E-state index contributed by atoms with van der Waals surface area (Å²) in [7, 11) is 0. The fourth-order valence-corrected chi connectivity index (χ4v) is 3.95. The second-order valence-corrected chi connectivity index (χ2v) is 8.35. The number of hydrogen-bond acceptors (Lipinski definition) is 5. The quantitative estimate of drug-likeness (QED) is 0.628. The van der Waals surface area contributed by atoms with Crippen LogP contribution in [0.25, 0.3) is 16.9 Å². The molecule has 1 heterocycles. The number of ether oxygens (including phenoxy) is 1. The van der Waals surface area contributed by atoms with Gasteiger partial charge in [0.1, 0.15) is 5.69 Å². The number of carbonyl (C=O) groups excluding carboxylic acids is 1. The third-order valence-electron chi connectivity index (χ3n) is 5.31. The minimum absolute atomic E-state index is 0.0816. The molecule has 3 N–H and O–H groups in total. The van der Waals surface area contributed by atoms with Crippen LogP contribution in [0.4, 0.5) is 0 Å². The van der Waals surface area contributed by atoms with E-state index in [0.717, 1.165) is 24.0 Å². The highest BCUT2D eigenvalue weighted by atomic mass is 35.5. The lowest BCUT2D eigenvalue weighted by Gasteiger charge is -2.36. The van der Waals surface area contributed by atoms with Crippen LogP contribution in [0.5, 0.6) is 0 Å². The van der Waals surface area contributed by atoms with Crippen LogP contribution >= 0.6 is 23.2 Å². The van der Waals surface area contributed by atoms with Crippen molar-refractivity contribution in [1.29, 1.82) is 0 Å². The van der Waals surface area contributed by atoms with E-state index in [1.807, 2.05) is 18.2 Å². The van der Waals surface area contributed by atoms with Crippen LogP contribution in [-0.4, -0.2) is 35.4 Å². The second-order valence-electron chi connectivity index (χ2n) is 7.53. The standard InChI is InChI=1S/C22H27Cl2N3O3/c1-4-15(5-2)29-21-10-14(9-18(25)22(21)26-12(3)28)19-11-20(30-27-19)13-6-7-16(23)17(24)8-13/h6-8,10-11,15,18,21-22H,4-5,9,25H2,1-3H3,(H,26,28)/t18-,21+,22+/m0/s1. The Bertz CT molecular complexity index is 924. The first-order valence-electron chi connectivity index (χ1n) is 10.1. The zero-order valence-corrected chi connectivity index (χ0v) is 18.8. The molecule has 3 atom stereocenters. The van der Waals surface area contributed by atoms with E-state index in [9.17, 15) is 4.79 Å². The molecule has 1 aliphatic carbocycles. The lowest BCUT2D eigenvalue weighted by Crippen LogP contribution is -2.56. The van der Waals surface area contributed by atoms with E-state index in [1.165, 1.54) is 6.92 Å². The van der Waals surface area contributed by atoms with Gasteiger partial charge in [-0.3, -0.25) is 4.79 Å². The number of nitrogens with one attached hydrogen (secondary N) is 1. The summed E-state index contributed by atoms with van der Waals surface area (Å²) in [5.74, 6) is 0.452. The molecule has 0 unspecified atom stereocenters. The van der Waals surface area contributed by atoms with Gasteiger partial charge in [0.15, 0.2) is 5.76 Å². The Hall–Kier alpha value is -1.86. The molecule has 0 radical (unpaired) electrons. The fraction of sp³-hybridized carbons (Fsp3) is 0.455. The average Bonchev–Trinajstić information content (AvgIpc) is 3.20. The monoisotopic (exact) mass is 451 g/mol. The molecule has 0 saturated heterocycles. The molecule has 1 aromatic carbocycles. The first kappa shape index (κ1) is 22.8. The molecule has 1 aromatic heterocycles. The molecule has 0 spiro atoms. The highest BCUT2D eigenvalue weighted by molar-refractivity contribution is 6.42. The van der Waals surface area contributed by atoms with Gasteiger partial charge < -0.3 is 20.3 Å². The molecule has 0 aliphatic heterocycles. The number of nitrogens with two attached hydrogens (primary N) is 1. The SMILES string of the molecule is CCC(CC)O[C@@H]1C=C(c2cc(-c3ccc(Cl)c(Cl)c3)on2)C[C@H](N)[C@H]1NC(C)=O. The molecule has 6 nitrogen and oxygen atoms in total. The van der Waals surface area contributed by atoms with Crippen LogP contribution in [0.2, 0.25) is 10.0 Å². The summed E-state index contributed by atoms with van der Waals surface area (Å²) >= 11 is 12.1. The summed E-state index contributed by atoms with van der Waals surface area (Å²) in [5.41, 5.74) is 8.83. The first-order valence-corrected chi connectivity index (χ1v) is 10.9. The minimum Gasteiger partial charge on any atom is -0.369 e. The van der Waals surface area contributed by atoms with Gasteiger partial charge in [-0.25, -0.2) is 0 Å². The van der Waals surface area contributed by atoms with Gasteiger partial charge in [-0.15, -0.1) is 0 Å². The molecule has 1 amide bonds. The van der Waals surface area contributed by atoms with E-state index < -0.39 is 0 Å². The first-order chi connectivity index (χ1) is 14.3. The highest BCUT2D eigenvalue weighted by Gasteiger charge is 2.34. The van der Waals surface area contributed by atoms with Crippen molar-refractivity contribution in [3.63, 3.8) is 0 Å². The van der Waals surface area contributed by atoms with Crippen molar-refractivity contribution >= 4 is 34.7 Å². The Morgan fingerprint density at radius 1 is 1.30 bits per heavy atom. The van der Waals surface area contributed by atoms with Gasteiger partial charge in [0.25, 0.3) is 0 Å². The molecule has 30 heavy (non-hydrogen) atoms. The average molecular weight is 452 g/mol. The third-order valence-corrected chi connectivity index (χ3v) is 6.05. The van der Waals surface area contributed by atoms with Crippen molar-refractivity contribution in [3.8, 4) is 11.3 Å². The summed E-state index contributed by atoms with van der Waals surface area (Å²) in [6, 6.07) is 6.53. The Morgan fingerprint density at radius 3 is 2.67 bits per heavy atom. The Balaban J connectivity index is 1.90. The van der Waals surface area contributed by atoms with Crippen molar-refractivity contribution in [2.45, 2.75) is 64.3 Å². The van der Waals surface area contributed by atoms with Gasteiger partial charge in [0, 0.05) is 24.6 Å². The molecule has 8 heteroatoms. The largest absolute Gasteiger partial charge is 0.369 e. The van der Waals surface area contributed by atoms with E-state index in [-0.39, 0.29) is 30.2 Å². The smallest absolute Gasteiger partial charge is 0.217 e. The number of halogens is 2. The highest BCUT2D eigenvalue weighted by Crippen LogP contribution is 2.33. The van der Waals surface area contributed by atoms with E-state index in [0.29, 0.717) is 27.9 Å². The van der Waals surface area contributed by atoms with Gasteiger partial charge in [0.2, 0.25) is 5.91 Å². The molecule has 0 bridgehead atoms. The zero-order chi connectivity index (χ0) is 21.8. The van der Waals surface area contributed by atoms with Crippen LogP contribution in [-0.2, 0) is 9.53 Å². The number of nitrogens with zero attached hydrogens (tertiary/aromatic N) is 1. The maximum absolute atomic E-state index is 11.7. The predicted molar refractivity (Wildman–Crippen MR) is 119 cm³/mol. The molecular weight excluding hydrogens is 425 g/mol. The molecule has 1 aliphatic rings. The predicted octanol–water partition coefficient (Wildman–Crippen LogP) is 4.84. The number of rotatable bonds is 7. The number of benzene rings is 1. The van der Waals surface area contributed by atoms with E-state index in [4.69, 9.17) is 38.2 Å². The molecule has 162 valence electrons.